The average molecular weight is 333 g/mol. The third kappa shape index (κ3) is 3.73. The summed E-state index contributed by atoms with van der Waals surface area (Å²) in [7, 11) is 0. The third-order valence-electron chi connectivity index (χ3n) is 2.83. The predicted molar refractivity (Wildman–Crippen MR) is 71.4 cm³/mol. The van der Waals surface area contributed by atoms with Gasteiger partial charge in [0.15, 0.2) is 11.6 Å². The SMILES string of the molecule is O=C(N[C@@H](c1cccnc1)c1ccc(F)c(F)c1)C(F)(F)Cl. The number of amides is 1. The lowest BCUT2D eigenvalue weighted by atomic mass is 10.00. The van der Waals surface area contributed by atoms with Gasteiger partial charge in [-0.05, 0) is 40.9 Å². The van der Waals surface area contributed by atoms with Gasteiger partial charge in [-0.3, -0.25) is 9.78 Å². The lowest BCUT2D eigenvalue weighted by Gasteiger charge is -2.21. The minimum absolute atomic E-state index is 0.0705. The van der Waals surface area contributed by atoms with Crippen molar-refractivity contribution in [1.82, 2.24) is 10.3 Å². The van der Waals surface area contributed by atoms with Gasteiger partial charge in [0.25, 0.3) is 0 Å². The van der Waals surface area contributed by atoms with Gasteiger partial charge >= 0.3 is 11.3 Å². The van der Waals surface area contributed by atoms with E-state index in [4.69, 9.17) is 0 Å². The van der Waals surface area contributed by atoms with Crippen LogP contribution in [0.4, 0.5) is 17.6 Å². The third-order valence-corrected chi connectivity index (χ3v) is 3.00. The smallest absolute Gasteiger partial charge is 0.339 e. The van der Waals surface area contributed by atoms with Crippen molar-refractivity contribution >= 4 is 17.5 Å². The second-order valence-corrected chi connectivity index (χ2v) is 4.84. The van der Waals surface area contributed by atoms with Gasteiger partial charge in [-0.15, -0.1) is 0 Å². The number of hydrogen-bond acceptors (Lipinski definition) is 2. The number of hydrogen-bond donors (Lipinski definition) is 1. The first-order chi connectivity index (χ1) is 10.3. The minimum Gasteiger partial charge on any atom is -0.339 e. The van der Waals surface area contributed by atoms with E-state index in [1.54, 1.807) is 0 Å². The van der Waals surface area contributed by atoms with Crippen LogP contribution in [0, 0.1) is 11.6 Å². The van der Waals surface area contributed by atoms with Crippen LogP contribution in [0.3, 0.4) is 0 Å². The molecule has 116 valence electrons. The molecular weight excluding hydrogens is 324 g/mol. The van der Waals surface area contributed by atoms with Crippen LogP contribution < -0.4 is 5.32 Å². The van der Waals surface area contributed by atoms with Crippen LogP contribution >= 0.6 is 11.6 Å². The molecule has 8 heteroatoms. The molecule has 0 aliphatic carbocycles. The van der Waals surface area contributed by atoms with E-state index in [2.05, 4.69) is 16.6 Å². The molecule has 3 nitrogen and oxygen atoms in total. The van der Waals surface area contributed by atoms with Crippen molar-refractivity contribution < 1.29 is 22.4 Å². The van der Waals surface area contributed by atoms with Crippen LogP contribution in [0.25, 0.3) is 0 Å². The van der Waals surface area contributed by atoms with Gasteiger partial charge < -0.3 is 5.32 Å². The molecule has 0 spiro atoms. The summed E-state index contributed by atoms with van der Waals surface area (Å²) in [6.07, 6.45) is 2.74. The second kappa shape index (κ2) is 6.31. The molecule has 1 amide bonds. The van der Waals surface area contributed by atoms with Gasteiger partial charge in [-0.1, -0.05) is 12.1 Å². The molecule has 0 bridgehead atoms. The molecule has 1 aromatic heterocycles. The fraction of sp³-hybridized carbons (Fsp3) is 0.143. The number of benzene rings is 1. The summed E-state index contributed by atoms with van der Waals surface area (Å²) in [6.45, 7) is 0. The highest BCUT2D eigenvalue weighted by molar-refractivity contribution is 6.32. The maximum absolute atomic E-state index is 13.3. The van der Waals surface area contributed by atoms with Gasteiger partial charge in [-0.25, -0.2) is 8.78 Å². The van der Waals surface area contributed by atoms with Crippen LogP contribution in [0.5, 0.6) is 0 Å². The molecule has 1 aromatic carbocycles. The van der Waals surface area contributed by atoms with Crippen LogP contribution in [-0.2, 0) is 4.79 Å². The number of nitrogens with zero attached hydrogens (tertiary/aromatic N) is 1. The monoisotopic (exact) mass is 332 g/mol. The van der Waals surface area contributed by atoms with Crippen molar-refractivity contribution in [2.24, 2.45) is 0 Å². The quantitative estimate of drug-likeness (QED) is 0.689. The highest BCUT2D eigenvalue weighted by atomic mass is 35.5. The largest absolute Gasteiger partial charge is 0.399 e. The summed E-state index contributed by atoms with van der Waals surface area (Å²) in [5.74, 6) is -4.02. The zero-order chi connectivity index (χ0) is 16.3. The van der Waals surface area contributed by atoms with Gasteiger partial charge in [0.1, 0.15) is 0 Å². The Morgan fingerprint density at radius 2 is 1.91 bits per heavy atom. The van der Waals surface area contributed by atoms with E-state index in [1.807, 2.05) is 5.32 Å². The summed E-state index contributed by atoms with van der Waals surface area (Å²) in [4.78, 5) is 15.2. The van der Waals surface area contributed by atoms with Crippen molar-refractivity contribution in [2.75, 3.05) is 0 Å². The Morgan fingerprint density at radius 1 is 1.18 bits per heavy atom. The van der Waals surface area contributed by atoms with Crippen molar-refractivity contribution in [3.63, 3.8) is 0 Å². The first kappa shape index (κ1) is 16.2. The second-order valence-electron chi connectivity index (χ2n) is 4.36. The Bertz CT molecular complexity index is 676. The molecule has 0 fully saturated rings. The average Bonchev–Trinajstić information content (AvgIpc) is 2.47. The summed E-state index contributed by atoms with van der Waals surface area (Å²) in [5, 5.41) is -2.14. The number of carbonyl (C=O) groups excluding carboxylic acids is 1. The Hall–Kier alpha value is -2.15. The molecule has 22 heavy (non-hydrogen) atoms. The van der Waals surface area contributed by atoms with Gasteiger partial charge in [0.2, 0.25) is 0 Å². The highest BCUT2D eigenvalue weighted by Gasteiger charge is 2.37. The van der Waals surface area contributed by atoms with Crippen LogP contribution in [0.1, 0.15) is 17.2 Å². The number of aromatic nitrogens is 1. The number of nitrogens with one attached hydrogen (secondary N) is 1. The lowest BCUT2D eigenvalue weighted by Crippen LogP contribution is -2.39. The Labute approximate surface area is 127 Å². The van der Waals surface area contributed by atoms with Crippen LogP contribution in [0.15, 0.2) is 42.7 Å². The normalized spacial score (nSPS) is 12.8. The molecule has 0 saturated carbocycles. The molecular formula is C14H9ClF4N2O. The summed E-state index contributed by atoms with van der Waals surface area (Å²) in [5.41, 5.74) is 0.379. The first-order valence-corrected chi connectivity index (χ1v) is 6.39. The number of pyridine rings is 1. The van der Waals surface area contributed by atoms with E-state index in [9.17, 15) is 22.4 Å². The number of rotatable bonds is 4. The molecule has 1 atom stereocenters. The Balaban J connectivity index is 2.42. The molecule has 1 heterocycles. The molecule has 0 aliphatic rings. The van der Waals surface area contributed by atoms with Crippen molar-refractivity contribution in [2.45, 2.75) is 11.4 Å². The molecule has 0 radical (unpaired) electrons. The maximum atomic E-state index is 13.3. The van der Waals surface area contributed by atoms with E-state index in [1.165, 1.54) is 30.6 Å². The summed E-state index contributed by atoms with van der Waals surface area (Å²) < 4.78 is 52.1. The maximum Gasteiger partial charge on any atom is 0.399 e. The van der Waals surface area contributed by atoms with Gasteiger partial charge in [0, 0.05) is 12.4 Å². The van der Waals surface area contributed by atoms with Crippen LogP contribution in [-0.4, -0.2) is 16.3 Å². The predicted octanol–water partition coefficient (Wildman–Crippen LogP) is 3.40. The highest BCUT2D eigenvalue weighted by Crippen LogP contribution is 2.26. The fourth-order valence-electron chi connectivity index (χ4n) is 1.81. The van der Waals surface area contributed by atoms with E-state index < -0.39 is 29.0 Å². The van der Waals surface area contributed by atoms with E-state index in [-0.39, 0.29) is 5.56 Å². The Kier molecular flexibility index (Phi) is 4.65. The fourth-order valence-corrected chi connectivity index (χ4v) is 1.87. The van der Waals surface area contributed by atoms with Gasteiger partial charge in [0.05, 0.1) is 6.04 Å². The standard InChI is InChI=1S/C14H9ClF4N2O/c15-14(18,19)13(22)21-12(9-2-1-5-20-7-9)8-3-4-10(16)11(17)6-8/h1-7,12H,(H,21,22)/t12-/m1/s1. The lowest BCUT2D eigenvalue weighted by molar-refractivity contribution is -0.136. The van der Waals surface area contributed by atoms with Gasteiger partial charge in [-0.2, -0.15) is 8.78 Å². The van der Waals surface area contributed by atoms with Crippen molar-refractivity contribution in [3.8, 4) is 0 Å². The molecule has 1 N–H and O–H groups in total. The summed E-state index contributed by atoms with van der Waals surface area (Å²) in [6, 6.07) is 4.65. The summed E-state index contributed by atoms with van der Waals surface area (Å²) >= 11 is 4.66. The minimum atomic E-state index is -4.13. The van der Waals surface area contributed by atoms with E-state index in [0.717, 1.165) is 12.1 Å². The van der Waals surface area contributed by atoms with Crippen molar-refractivity contribution in [3.05, 3.63) is 65.5 Å². The van der Waals surface area contributed by atoms with E-state index in [0.29, 0.717) is 5.56 Å². The molecule has 0 saturated heterocycles. The zero-order valence-electron chi connectivity index (χ0n) is 10.9. The number of halogens is 5. The molecule has 2 aromatic rings. The Morgan fingerprint density at radius 3 is 2.45 bits per heavy atom. The molecule has 2 rings (SSSR count). The van der Waals surface area contributed by atoms with Crippen molar-refractivity contribution in [1.29, 1.82) is 0 Å². The van der Waals surface area contributed by atoms with E-state index >= 15 is 0 Å². The zero-order valence-corrected chi connectivity index (χ0v) is 11.6. The topological polar surface area (TPSA) is 42.0 Å². The number of alkyl halides is 3. The van der Waals surface area contributed by atoms with Crippen LogP contribution in [0.2, 0.25) is 0 Å². The number of carbonyl (C=O) groups is 1. The molecule has 0 unspecified atom stereocenters. The first-order valence-electron chi connectivity index (χ1n) is 6.01. The molecule has 0 aliphatic heterocycles.